The van der Waals surface area contributed by atoms with E-state index >= 15 is 0 Å². The quantitative estimate of drug-likeness (QED) is 0.801. The standard InChI is InChI=1S/C15H14BrN3O2/c1-2-21-15(20)13-11-6-8-5-10(8)14(11)19(18-13)12-7-9(16)3-4-17-12/h3-4,7-8,10H,2,5-6H2,1H3/t8-,10-/m0/s1. The second kappa shape index (κ2) is 4.66. The molecule has 2 aromatic rings. The molecule has 1 fully saturated rings. The maximum atomic E-state index is 12.1. The Morgan fingerprint density at radius 3 is 3.19 bits per heavy atom. The highest BCUT2D eigenvalue weighted by Gasteiger charge is 2.50. The van der Waals surface area contributed by atoms with Crippen LogP contribution in [-0.4, -0.2) is 27.3 Å². The first-order valence-corrected chi connectivity index (χ1v) is 7.89. The Morgan fingerprint density at radius 1 is 1.57 bits per heavy atom. The molecule has 0 unspecified atom stereocenters. The van der Waals surface area contributed by atoms with E-state index in [1.165, 1.54) is 6.42 Å². The molecule has 0 saturated heterocycles. The Hall–Kier alpha value is -1.69. The van der Waals surface area contributed by atoms with Crippen LogP contribution < -0.4 is 0 Å². The molecule has 4 rings (SSSR count). The van der Waals surface area contributed by atoms with Gasteiger partial charge in [-0.25, -0.2) is 14.5 Å². The van der Waals surface area contributed by atoms with Crippen LogP contribution in [-0.2, 0) is 11.2 Å². The lowest BCUT2D eigenvalue weighted by atomic mass is 10.1. The Labute approximate surface area is 130 Å². The van der Waals surface area contributed by atoms with Gasteiger partial charge in [0, 0.05) is 22.2 Å². The Morgan fingerprint density at radius 2 is 2.43 bits per heavy atom. The number of carbonyl (C=O) groups excluding carboxylic acids is 1. The van der Waals surface area contributed by atoms with Gasteiger partial charge in [0.2, 0.25) is 0 Å². The highest BCUT2D eigenvalue weighted by atomic mass is 79.9. The summed E-state index contributed by atoms with van der Waals surface area (Å²) >= 11 is 3.45. The highest BCUT2D eigenvalue weighted by Crippen LogP contribution is 2.57. The molecule has 6 heteroatoms. The summed E-state index contributed by atoms with van der Waals surface area (Å²) < 4.78 is 7.90. The first-order valence-electron chi connectivity index (χ1n) is 7.10. The molecule has 1 saturated carbocycles. The number of fused-ring (bicyclic) bond motifs is 3. The molecule has 5 nitrogen and oxygen atoms in total. The zero-order chi connectivity index (χ0) is 14.6. The largest absolute Gasteiger partial charge is 0.461 e. The number of hydrogen-bond donors (Lipinski definition) is 0. The summed E-state index contributed by atoms with van der Waals surface area (Å²) in [5, 5.41) is 4.50. The number of nitrogens with zero attached hydrogens (tertiary/aromatic N) is 3. The van der Waals surface area contributed by atoms with Crippen LogP contribution in [0.1, 0.15) is 41.0 Å². The summed E-state index contributed by atoms with van der Waals surface area (Å²) in [4.78, 5) is 16.5. The molecular weight excluding hydrogens is 334 g/mol. The molecular formula is C15H14BrN3O2. The lowest BCUT2D eigenvalue weighted by Crippen LogP contribution is -2.09. The highest BCUT2D eigenvalue weighted by molar-refractivity contribution is 9.10. The summed E-state index contributed by atoms with van der Waals surface area (Å²) in [6.45, 7) is 2.17. The summed E-state index contributed by atoms with van der Waals surface area (Å²) in [6, 6.07) is 3.79. The third-order valence-corrected chi connectivity index (χ3v) is 4.65. The van der Waals surface area contributed by atoms with Crippen molar-refractivity contribution in [2.24, 2.45) is 5.92 Å². The second-order valence-corrected chi connectivity index (χ2v) is 6.40. The average Bonchev–Trinajstić information content (AvgIpc) is 2.96. The minimum atomic E-state index is -0.330. The van der Waals surface area contributed by atoms with Gasteiger partial charge in [-0.15, -0.1) is 0 Å². The SMILES string of the molecule is CCOC(=O)c1nn(-c2cc(Br)ccn2)c2c1C[C@@H]1C[C@H]21. The van der Waals surface area contributed by atoms with Crippen LogP contribution in [0.25, 0.3) is 5.82 Å². The van der Waals surface area contributed by atoms with E-state index < -0.39 is 0 Å². The first kappa shape index (κ1) is 13.0. The van der Waals surface area contributed by atoms with Crippen molar-refractivity contribution in [1.82, 2.24) is 14.8 Å². The molecule has 21 heavy (non-hydrogen) atoms. The van der Waals surface area contributed by atoms with Crippen LogP contribution >= 0.6 is 15.9 Å². The molecule has 0 aromatic carbocycles. The van der Waals surface area contributed by atoms with Gasteiger partial charge in [0.1, 0.15) is 0 Å². The third-order valence-electron chi connectivity index (χ3n) is 4.16. The van der Waals surface area contributed by atoms with Crippen molar-refractivity contribution in [2.45, 2.75) is 25.7 Å². The van der Waals surface area contributed by atoms with Crippen LogP contribution in [0.4, 0.5) is 0 Å². The Balaban J connectivity index is 1.85. The molecule has 0 spiro atoms. The van der Waals surface area contributed by atoms with Crippen molar-refractivity contribution in [3.8, 4) is 5.82 Å². The average molecular weight is 348 g/mol. The van der Waals surface area contributed by atoms with E-state index in [1.807, 2.05) is 23.7 Å². The van der Waals surface area contributed by atoms with Crippen molar-refractivity contribution < 1.29 is 9.53 Å². The van der Waals surface area contributed by atoms with Crippen molar-refractivity contribution >= 4 is 21.9 Å². The zero-order valence-corrected chi connectivity index (χ0v) is 13.1. The van der Waals surface area contributed by atoms with Gasteiger partial charge in [0.25, 0.3) is 0 Å². The number of carbonyl (C=O) groups is 1. The number of halogens is 1. The van der Waals surface area contributed by atoms with Crippen LogP contribution in [0.3, 0.4) is 0 Å². The molecule has 2 aromatic heterocycles. The molecule has 0 bridgehead atoms. The van der Waals surface area contributed by atoms with Gasteiger partial charge in [-0.2, -0.15) is 5.10 Å². The van der Waals surface area contributed by atoms with E-state index in [4.69, 9.17) is 4.74 Å². The predicted molar refractivity (Wildman–Crippen MR) is 79.6 cm³/mol. The van der Waals surface area contributed by atoms with Crippen molar-refractivity contribution in [3.63, 3.8) is 0 Å². The normalized spacial score (nSPS) is 21.8. The summed E-state index contributed by atoms with van der Waals surface area (Å²) in [7, 11) is 0. The molecule has 2 aliphatic rings. The van der Waals surface area contributed by atoms with Gasteiger partial charge in [0.05, 0.1) is 12.3 Å². The number of pyridine rings is 1. The molecule has 0 N–H and O–H groups in total. The van der Waals surface area contributed by atoms with Gasteiger partial charge in [-0.3, -0.25) is 0 Å². The second-order valence-electron chi connectivity index (χ2n) is 5.48. The maximum absolute atomic E-state index is 12.1. The lowest BCUT2D eigenvalue weighted by Gasteiger charge is -2.05. The summed E-state index contributed by atoms with van der Waals surface area (Å²) in [6.07, 6.45) is 3.86. The van der Waals surface area contributed by atoms with Crippen LogP contribution in [0.2, 0.25) is 0 Å². The van der Waals surface area contributed by atoms with E-state index in [2.05, 4.69) is 26.0 Å². The minimum absolute atomic E-state index is 0.330. The lowest BCUT2D eigenvalue weighted by molar-refractivity contribution is 0.0517. The van der Waals surface area contributed by atoms with Gasteiger partial charge in [0.15, 0.2) is 11.5 Å². The zero-order valence-electron chi connectivity index (χ0n) is 11.5. The minimum Gasteiger partial charge on any atom is -0.461 e. The maximum Gasteiger partial charge on any atom is 0.359 e. The Kier molecular flexibility index (Phi) is 2.89. The molecule has 0 amide bonds. The number of hydrogen-bond acceptors (Lipinski definition) is 4. The van der Waals surface area contributed by atoms with E-state index in [9.17, 15) is 4.79 Å². The molecule has 0 radical (unpaired) electrons. The third kappa shape index (κ3) is 2.00. The molecule has 108 valence electrons. The van der Waals surface area contributed by atoms with E-state index in [0.29, 0.717) is 24.1 Å². The van der Waals surface area contributed by atoms with Crippen LogP contribution in [0.15, 0.2) is 22.8 Å². The van der Waals surface area contributed by atoms with Gasteiger partial charge < -0.3 is 4.74 Å². The Bertz CT molecular complexity index is 741. The fourth-order valence-corrected chi connectivity index (χ4v) is 3.49. The molecule has 2 atom stereocenters. The molecule has 2 heterocycles. The monoisotopic (exact) mass is 347 g/mol. The van der Waals surface area contributed by atoms with Crippen molar-refractivity contribution in [1.29, 1.82) is 0 Å². The number of ether oxygens (including phenoxy) is 1. The van der Waals surface area contributed by atoms with E-state index in [1.54, 1.807) is 6.20 Å². The first-order chi connectivity index (χ1) is 10.2. The van der Waals surface area contributed by atoms with Gasteiger partial charge in [-0.05, 0) is 37.8 Å². The van der Waals surface area contributed by atoms with E-state index in [0.717, 1.165) is 28.0 Å². The number of rotatable bonds is 3. The van der Waals surface area contributed by atoms with Crippen molar-refractivity contribution in [2.75, 3.05) is 6.61 Å². The van der Waals surface area contributed by atoms with Crippen LogP contribution in [0.5, 0.6) is 0 Å². The van der Waals surface area contributed by atoms with Gasteiger partial charge >= 0.3 is 5.97 Å². The molecule has 0 aliphatic heterocycles. The van der Waals surface area contributed by atoms with E-state index in [-0.39, 0.29) is 5.97 Å². The predicted octanol–water partition coefficient (Wildman–Crippen LogP) is 2.87. The number of esters is 1. The fraction of sp³-hybridized carbons (Fsp3) is 0.400. The molecule has 2 aliphatic carbocycles. The topological polar surface area (TPSA) is 57.0 Å². The van der Waals surface area contributed by atoms with Crippen molar-refractivity contribution in [3.05, 3.63) is 39.8 Å². The van der Waals surface area contributed by atoms with Gasteiger partial charge in [-0.1, -0.05) is 15.9 Å². The summed E-state index contributed by atoms with van der Waals surface area (Å²) in [5.74, 6) is 1.61. The fourth-order valence-electron chi connectivity index (χ4n) is 3.16. The smallest absolute Gasteiger partial charge is 0.359 e. The number of aromatic nitrogens is 3. The summed E-state index contributed by atoms with van der Waals surface area (Å²) in [5.41, 5.74) is 2.66. The van der Waals surface area contributed by atoms with Crippen LogP contribution in [0, 0.1) is 5.92 Å².